The van der Waals surface area contributed by atoms with E-state index < -0.39 is 10.0 Å². The molecule has 9 heteroatoms. The number of benzene rings is 1. The predicted molar refractivity (Wildman–Crippen MR) is 112 cm³/mol. The summed E-state index contributed by atoms with van der Waals surface area (Å²) in [5, 5.41) is -0.193. The lowest BCUT2D eigenvalue weighted by molar-refractivity contribution is 0.0696. The lowest BCUT2D eigenvalue weighted by Gasteiger charge is -2.36. The van der Waals surface area contributed by atoms with E-state index >= 15 is 0 Å². The number of morpholine rings is 1. The van der Waals surface area contributed by atoms with Gasteiger partial charge in [0.25, 0.3) is 15.9 Å². The molecular formula is C21H27N3O5S. The minimum atomic E-state index is -3.75. The lowest BCUT2D eigenvalue weighted by atomic mass is 10.1. The fraction of sp³-hybridized carbons (Fsp3) is 0.476. The van der Waals surface area contributed by atoms with E-state index in [-0.39, 0.29) is 29.8 Å². The van der Waals surface area contributed by atoms with Crippen LogP contribution in [-0.2, 0) is 14.8 Å². The molecule has 0 N–H and O–H groups in total. The van der Waals surface area contributed by atoms with Crippen LogP contribution in [0.15, 0.2) is 39.8 Å². The molecule has 2 fully saturated rings. The monoisotopic (exact) mass is 433 g/mol. The van der Waals surface area contributed by atoms with Gasteiger partial charge in [0.05, 0.1) is 13.2 Å². The Morgan fingerprint density at radius 2 is 1.63 bits per heavy atom. The number of sulfonamides is 1. The number of ether oxygens (including phenoxy) is 1. The fourth-order valence-electron chi connectivity index (χ4n) is 3.87. The number of hydrogen-bond donors (Lipinski definition) is 0. The first-order chi connectivity index (χ1) is 14.4. The summed E-state index contributed by atoms with van der Waals surface area (Å²) >= 11 is 0. The maximum absolute atomic E-state index is 12.9. The Labute approximate surface area is 177 Å². The highest BCUT2D eigenvalue weighted by Crippen LogP contribution is 2.25. The molecular weight excluding hydrogens is 406 g/mol. The van der Waals surface area contributed by atoms with Crippen molar-refractivity contribution >= 4 is 21.6 Å². The molecule has 1 amide bonds. The number of rotatable bonds is 4. The molecule has 0 saturated carbocycles. The Kier molecular flexibility index (Phi) is 5.86. The second kappa shape index (κ2) is 8.41. The van der Waals surface area contributed by atoms with Gasteiger partial charge in [-0.25, -0.2) is 8.42 Å². The van der Waals surface area contributed by atoms with Crippen molar-refractivity contribution < 1.29 is 22.4 Å². The Morgan fingerprint density at radius 1 is 0.933 bits per heavy atom. The van der Waals surface area contributed by atoms with E-state index in [0.717, 1.165) is 13.1 Å². The van der Waals surface area contributed by atoms with Gasteiger partial charge in [0, 0.05) is 45.0 Å². The number of carbonyl (C=O) groups is 1. The third-order valence-corrected chi connectivity index (χ3v) is 7.61. The maximum Gasteiger partial charge on any atom is 0.289 e. The second-order valence-electron chi connectivity index (χ2n) is 7.63. The zero-order valence-corrected chi connectivity index (χ0v) is 18.2. The largest absolute Gasteiger partial charge is 0.438 e. The standard InChI is InChI=1S/C21H27N3O5S/c1-16-4-3-5-18(17(16)2)22-8-10-23(11-9-22)21(25)19-6-7-20(29-19)30(26,27)24-12-14-28-15-13-24/h3-7H,8-15H2,1-2H3. The molecule has 30 heavy (non-hydrogen) atoms. The Hall–Kier alpha value is -2.36. The number of piperazine rings is 1. The number of nitrogens with zero attached hydrogens (tertiary/aromatic N) is 3. The summed E-state index contributed by atoms with van der Waals surface area (Å²) in [4.78, 5) is 16.9. The molecule has 0 radical (unpaired) electrons. The van der Waals surface area contributed by atoms with Gasteiger partial charge in [0.15, 0.2) is 5.76 Å². The quantitative estimate of drug-likeness (QED) is 0.732. The first-order valence-corrected chi connectivity index (χ1v) is 11.6. The summed E-state index contributed by atoms with van der Waals surface area (Å²) in [6, 6.07) is 9.07. The Morgan fingerprint density at radius 3 is 2.33 bits per heavy atom. The Bertz CT molecular complexity index is 1020. The summed E-state index contributed by atoms with van der Waals surface area (Å²) in [5.74, 6) is -0.221. The van der Waals surface area contributed by atoms with Crippen molar-refractivity contribution in [3.63, 3.8) is 0 Å². The van der Waals surface area contributed by atoms with E-state index in [1.54, 1.807) is 4.90 Å². The molecule has 3 heterocycles. The van der Waals surface area contributed by atoms with E-state index in [1.807, 2.05) is 0 Å². The average Bonchev–Trinajstić information content (AvgIpc) is 3.27. The number of hydrogen-bond acceptors (Lipinski definition) is 6. The van der Waals surface area contributed by atoms with Gasteiger partial charge >= 0.3 is 0 Å². The van der Waals surface area contributed by atoms with Gasteiger partial charge in [0.2, 0.25) is 5.09 Å². The van der Waals surface area contributed by atoms with Crippen molar-refractivity contribution in [1.29, 1.82) is 0 Å². The first-order valence-electron chi connectivity index (χ1n) is 10.2. The van der Waals surface area contributed by atoms with Gasteiger partial charge in [0.1, 0.15) is 0 Å². The van der Waals surface area contributed by atoms with Crippen LogP contribution in [0.4, 0.5) is 5.69 Å². The van der Waals surface area contributed by atoms with Crippen LogP contribution < -0.4 is 4.90 Å². The van der Waals surface area contributed by atoms with Crippen molar-refractivity contribution in [1.82, 2.24) is 9.21 Å². The smallest absolute Gasteiger partial charge is 0.289 e. The first kappa shape index (κ1) is 20.9. The van der Waals surface area contributed by atoms with Crippen LogP contribution in [-0.4, -0.2) is 76.0 Å². The normalized spacial score (nSPS) is 18.6. The predicted octanol–water partition coefficient (Wildman–Crippen LogP) is 1.88. The maximum atomic E-state index is 12.9. The molecule has 0 aliphatic carbocycles. The number of carbonyl (C=O) groups excluding carboxylic acids is 1. The minimum absolute atomic E-state index is 0.0574. The SMILES string of the molecule is Cc1cccc(N2CCN(C(=O)c3ccc(S(=O)(=O)N4CCOCC4)o3)CC2)c1C. The van der Waals surface area contributed by atoms with Crippen LogP contribution in [0, 0.1) is 13.8 Å². The lowest BCUT2D eigenvalue weighted by Crippen LogP contribution is -2.49. The molecule has 0 unspecified atom stereocenters. The van der Waals surface area contributed by atoms with Crippen molar-refractivity contribution in [3.8, 4) is 0 Å². The third kappa shape index (κ3) is 3.97. The van der Waals surface area contributed by atoms with Gasteiger partial charge < -0.3 is 19.0 Å². The highest BCUT2D eigenvalue weighted by molar-refractivity contribution is 7.89. The zero-order valence-electron chi connectivity index (χ0n) is 17.3. The van der Waals surface area contributed by atoms with Gasteiger partial charge in [-0.1, -0.05) is 12.1 Å². The molecule has 1 aromatic heterocycles. The molecule has 0 atom stereocenters. The summed E-state index contributed by atoms with van der Waals surface area (Å²) in [6.07, 6.45) is 0. The molecule has 0 spiro atoms. The second-order valence-corrected chi connectivity index (χ2v) is 9.50. The van der Waals surface area contributed by atoms with E-state index in [2.05, 4.69) is 36.9 Å². The van der Waals surface area contributed by atoms with Gasteiger partial charge in [-0.3, -0.25) is 4.79 Å². The summed E-state index contributed by atoms with van der Waals surface area (Å²) in [5.41, 5.74) is 3.69. The molecule has 162 valence electrons. The van der Waals surface area contributed by atoms with Crippen molar-refractivity contribution in [2.45, 2.75) is 18.9 Å². The molecule has 4 rings (SSSR count). The molecule has 8 nitrogen and oxygen atoms in total. The van der Waals surface area contributed by atoms with Crippen LogP contribution in [0.25, 0.3) is 0 Å². The summed E-state index contributed by atoms with van der Waals surface area (Å²) in [6.45, 7) is 8.04. The van der Waals surface area contributed by atoms with Gasteiger partial charge in [-0.15, -0.1) is 0 Å². The van der Waals surface area contributed by atoms with Crippen molar-refractivity contribution in [3.05, 3.63) is 47.2 Å². The molecule has 2 aromatic rings. The van der Waals surface area contributed by atoms with Gasteiger partial charge in [-0.05, 0) is 43.2 Å². The number of anilines is 1. The van der Waals surface area contributed by atoms with E-state index in [9.17, 15) is 13.2 Å². The van der Waals surface area contributed by atoms with Crippen LogP contribution in [0.3, 0.4) is 0 Å². The molecule has 2 aliphatic rings. The fourth-order valence-corrected chi connectivity index (χ4v) is 5.19. The zero-order chi connectivity index (χ0) is 21.3. The van der Waals surface area contributed by atoms with Crippen LogP contribution >= 0.6 is 0 Å². The molecule has 1 aromatic carbocycles. The van der Waals surface area contributed by atoms with Crippen LogP contribution in [0.1, 0.15) is 21.7 Å². The molecule has 2 aliphatic heterocycles. The summed E-state index contributed by atoms with van der Waals surface area (Å²) < 4.78 is 37.4. The Balaban J connectivity index is 1.42. The number of amides is 1. The van der Waals surface area contributed by atoms with E-state index in [1.165, 1.54) is 33.3 Å². The summed E-state index contributed by atoms with van der Waals surface area (Å²) in [7, 11) is -3.75. The third-order valence-electron chi connectivity index (χ3n) is 5.84. The minimum Gasteiger partial charge on any atom is -0.438 e. The highest BCUT2D eigenvalue weighted by Gasteiger charge is 2.31. The van der Waals surface area contributed by atoms with E-state index in [0.29, 0.717) is 26.3 Å². The van der Waals surface area contributed by atoms with Crippen LogP contribution in [0.2, 0.25) is 0 Å². The van der Waals surface area contributed by atoms with E-state index in [4.69, 9.17) is 9.15 Å². The van der Waals surface area contributed by atoms with Crippen molar-refractivity contribution in [2.24, 2.45) is 0 Å². The van der Waals surface area contributed by atoms with Crippen LogP contribution in [0.5, 0.6) is 0 Å². The molecule has 0 bridgehead atoms. The number of aryl methyl sites for hydroxylation is 1. The highest BCUT2D eigenvalue weighted by atomic mass is 32.2. The van der Waals surface area contributed by atoms with Crippen molar-refractivity contribution in [2.75, 3.05) is 57.4 Å². The number of furan rings is 1. The topological polar surface area (TPSA) is 83.3 Å². The molecule has 2 saturated heterocycles. The average molecular weight is 434 g/mol. The van der Waals surface area contributed by atoms with Gasteiger partial charge in [-0.2, -0.15) is 4.31 Å².